The Bertz CT molecular complexity index is 1800. The molecule has 4 aliphatic rings. The van der Waals surface area contributed by atoms with Crippen LogP contribution in [-0.4, -0.2) is 90.1 Å². The number of nitrogens with zero attached hydrogens (tertiary/aromatic N) is 5. The van der Waals surface area contributed by atoms with Crippen LogP contribution in [0.2, 0.25) is 0 Å². The third kappa shape index (κ3) is 5.08. The molecule has 1 amide bonds. The molecule has 0 spiro atoms. The Balaban J connectivity index is 1.23. The minimum Gasteiger partial charge on any atom is -0.494 e. The van der Waals surface area contributed by atoms with Crippen molar-refractivity contribution in [2.24, 2.45) is 23.5 Å². The van der Waals surface area contributed by atoms with E-state index in [2.05, 4.69) is 51.7 Å². The van der Waals surface area contributed by atoms with E-state index in [-0.39, 0.29) is 28.9 Å². The molecule has 8 rings (SSSR count). The first-order chi connectivity index (χ1) is 21.5. The maximum absolute atomic E-state index is 13.9. The number of methoxy groups -OCH3 is 1. The Morgan fingerprint density at radius 1 is 1.09 bits per heavy atom. The van der Waals surface area contributed by atoms with Crippen LogP contribution in [0.5, 0.6) is 5.75 Å². The van der Waals surface area contributed by atoms with Gasteiger partial charge >= 0.3 is 0 Å². The number of fused-ring (bicyclic) bond motifs is 4. The third-order valence-corrected chi connectivity index (χ3v) is 10.6. The number of amides is 1. The van der Waals surface area contributed by atoms with Gasteiger partial charge in [0.25, 0.3) is 5.91 Å². The van der Waals surface area contributed by atoms with E-state index in [4.69, 9.17) is 25.2 Å². The Morgan fingerprint density at radius 3 is 2.53 bits per heavy atom. The molecule has 0 unspecified atom stereocenters. The van der Waals surface area contributed by atoms with E-state index in [1.54, 1.807) is 7.11 Å². The Morgan fingerprint density at radius 2 is 1.87 bits per heavy atom. The Labute approximate surface area is 267 Å². The van der Waals surface area contributed by atoms with Crippen molar-refractivity contribution >= 4 is 51.5 Å². The second-order valence-electron chi connectivity index (χ2n) is 15.5. The molecule has 3 saturated carbocycles. The minimum atomic E-state index is -0.186. The van der Waals surface area contributed by atoms with E-state index in [0.29, 0.717) is 29.1 Å². The van der Waals surface area contributed by atoms with Gasteiger partial charge in [0.15, 0.2) is 5.82 Å². The molecule has 9 nitrogen and oxygen atoms in total. The maximum Gasteiger partial charge on any atom is 0.254 e. The monoisotopic (exact) mass is 604 g/mol. The standard InChI is InChI=1S/C33H43B3N6O3/c1-32(45-33(34,35)36)13-19(14-32)16-42-28-23(10-22(12-26(28)44-2)31(43)41-17-21-7-8-24(41)27(21)37)39-30(42)25-11-20-4-3-9-38-29(20)40(25)15-18-5-6-18/h3-4,9-12,18-19,21,24,27H,5-8,13-17,34-37H2,1-2H3/t19-,21-,24-,27-,32+/m1/s1. The molecule has 2 bridgehead atoms. The van der Waals surface area contributed by atoms with Gasteiger partial charge in [0.1, 0.15) is 40.5 Å². The summed E-state index contributed by atoms with van der Waals surface area (Å²) in [5.74, 6) is 3.10. The number of nitrogens with two attached hydrogens (primary N) is 1. The van der Waals surface area contributed by atoms with Gasteiger partial charge in [-0.3, -0.25) is 4.79 Å². The fourth-order valence-corrected chi connectivity index (χ4v) is 8.72. The summed E-state index contributed by atoms with van der Waals surface area (Å²) >= 11 is 0. The fraction of sp³-hybridized carbons (Fsp3) is 0.545. The van der Waals surface area contributed by atoms with Gasteiger partial charge in [-0.25, -0.2) is 9.97 Å². The summed E-state index contributed by atoms with van der Waals surface area (Å²) < 4.78 is 17.2. The molecule has 0 radical (unpaired) electrons. The molecule has 45 heavy (non-hydrogen) atoms. The molecule has 1 aromatic carbocycles. The second-order valence-corrected chi connectivity index (χ2v) is 15.5. The van der Waals surface area contributed by atoms with Crippen molar-refractivity contribution in [3.05, 3.63) is 42.1 Å². The summed E-state index contributed by atoms with van der Waals surface area (Å²) in [5, 5.41) is 0.929. The summed E-state index contributed by atoms with van der Waals surface area (Å²) in [6.07, 6.45) is 8.42. The van der Waals surface area contributed by atoms with E-state index in [0.717, 1.165) is 78.9 Å². The Kier molecular flexibility index (Phi) is 6.74. The topological polar surface area (TPSA) is 100 Å². The van der Waals surface area contributed by atoms with Gasteiger partial charge in [-0.15, -0.1) is 0 Å². The maximum atomic E-state index is 13.9. The molecule has 1 aliphatic heterocycles. The van der Waals surface area contributed by atoms with Crippen molar-refractivity contribution in [3.8, 4) is 17.3 Å². The quantitative estimate of drug-likeness (QED) is 0.293. The van der Waals surface area contributed by atoms with Gasteiger partial charge in [0, 0.05) is 48.9 Å². The highest BCUT2D eigenvalue weighted by molar-refractivity contribution is 6.58. The van der Waals surface area contributed by atoms with Crippen LogP contribution < -0.4 is 10.5 Å². The largest absolute Gasteiger partial charge is 0.494 e. The van der Waals surface area contributed by atoms with Crippen molar-refractivity contribution < 1.29 is 14.3 Å². The lowest BCUT2D eigenvalue weighted by atomic mass is 9.51. The molecule has 4 aromatic rings. The first kappa shape index (κ1) is 29.2. The lowest BCUT2D eigenvalue weighted by Crippen LogP contribution is -2.52. The predicted molar refractivity (Wildman–Crippen MR) is 184 cm³/mol. The van der Waals surface area contributed by atoms with Crippen molar-refractivity contribution in [1.82, 2.24) is 24.0 Å². The summed E-state index contributed by atoms with van der Waals surface area (Å²) in [6, 6.07) is 10.4. The van der Waals surface area contributed by atoms with Crippen molar-refractivity contribution in [2.45, 2.75) is 81.5 Å². The number of benzene rings is 1. The number of likely N-dealkylation sites (tertiary alicyclic amines) is 1. The Hall–Kier alpha value is -3.24. The molecule has 12 heteroatoms. The zero-order chi connectivity index (χ0) is 31.2. The number of rotatable bonds is 9. The number of ether oxygens (including phenoxy) is 2. The molecule has 3 atom stereocenters. The molecule has 3 aromatic heterocycles. The van der Waals surface area contributed by atoms with Crippen molar-refractivity contribution in [2.75, 3.05) is 13.7 Å². The van der Waals surface area contributed by atoms with Crippen LogP contribution in [0.4, 0.5) is 0 Å². The highest BCUT2D eigenvalue weighted by Crippen LogP contribution is 2.45. The summed E-state index contributed by atoms with van der Waals surface area (Å²) in [6.45, 7) is 4.69. The zero-order valence-electron chi connectivity index (χ0n) is 27.3. The number of aromatic nitrogens is 4. The number of pyridine rings is 1. The average Bonchev–Trinajstić information content (AvgIpc) is 3.34. The van der Waals surface area contributed by atoms with Gasteiger partial charge in [-0.2, -0.15) is 0 Å². The van der Waals surface area contributed by atoms with E-state index < -0.39 is 0 Å². The molecule has 2 N–H and O–H groups in total. The van der Waals surface area contributed by atoms with Crippen molar-refractivity contribution in [3.63, 3.8) is 0 Å². The van der Waals surface area contributed by atoms with Gasteiger partial charge in [-0.1, -0.05) is 0 Å². The summed E-state index contributed by atoms with van der Waals surface area (Å²) in [7, 11) is 8.08. The summed E-state index contributed by atoms with van der Waals surface area (Å²) in [4.78, 5) is 26.0. The first-order valence-electron chi connectivity index (χ1n) is 16.8. The van der Waals surface area contributed by atoms with Crippen LogP contribution in [0.3, 0.4) is 0 Å². The number of carbonyl (C=O) groups excluding carboxylic acids is 1. The summed E-state index contributed by atoms with van der Waals surface area (Å²) in [5.41, 5.74) is 10.7. The zero-order valence-corrected chi connectivity index (χ0v) is 27.3. The molecule has 1 saturated heterocycles. The van der Waals surface area contributed by atoms with Crippen LogP contribution >= 0.6 is 0 Å². The van der Waals surface area contributed by atoms with Crippen LogP contribution in [0.25, 0.3) is 33.6 Å². The number of hydrogen-bond acceptors (Lipinski definition) is 6. The average molecular weight is 604 g/mol. The van der Waals surface area contributed by atoms with Crippen LogP contribution in [0.1, 0.15) is 55.8 Å². The molecule has 232 valence electrons. The number of hydrogen-bond donors (Lipinski definition) is 1. The number of carbonyl (C=O) groups is 1. The highest BCUT2D eigenvalue weighted by Gasteiger charge is 2.47. The smallest absolute Gasteiger partial charge is 0.254 e. The molecule has 4 fully saturated rings. The fourth-order valence-electron chi connectivity index (χ4n) is 8.72. The van der Waals surface area contributed by atoms with Gasteiger partial charge in [-0.05, 0) is 98.8 Å². The normalized spacial score (nSPS) is 27.8. The van der Waals surface area contributed by atoms with Gasteiger partial charge in [0.05, 0.1) is 23.9 Å². The van der Waals surface area contributed by atoms with E-state index in [9.17, 15) is 4.79 Å². The minimum absolute atomic E-state index is 0.0232. The van der Waals surface area contributed by atoms with Crippen LogP contribution in [0.15, 0.2) is 36.5 Å². The van der Waals surface area contributed by atoms with E-state index >= 15 is 0 Å². The predicted octanol–water partition coefficient (Wildman–Crippen LogP) is 1.73. The molecular weight excluding hydrogens is 561 g/mol. The molecule has 3 aliphatic carbocycles. The number of piperidine rings is 1. The molecule has 4 heterocycles. The van der Waals surface area contributed by atoms with E-state index in [1.165, 1.54) is 12.8 Å². The second kappa shape index (κ2) is 10.4. The SMILES string of the molecule is BC(B)(B)O[C@]1(C)C[C@H](Cn2c(-c3cc4cccnc4n3CC3CC3)nc3cc(C(=O)N4C[C@H]5CC[C@@H]4[C@@H]5N)cc(OC)c32)C1. The lowest BCUT2D eigenvalue weighted by Gasteiger charge is -2.49. The van der Waals surface area contributed by atoms with E-state index in [1.807, 2.05) is 29.3 Å². The van der Waals surface area contributed by atoms with Gasteiger partial charge in [0.2, 0.25) is 0 Å². The third-order valence-electron chi connectivity index (χ3n) is 10.6. The first-order valence-corrected chi connectivity index (χ1v) is 16.8. The number of imidazole rings is 1. The van der Waals surface area contributed by atoms with Gasteiger partial charge < -0.3 is 29.2 Å². The van der Waals surface area contributed by atoms with Crippen LogP contribution in [-0.2, 0) is 17.8 Å². The van der Waals surface area contributed by atoms with Crippen LogP contribution in [0, 0.1) is 17.8 Å². The lowest BCUT2D eigenvalue weighted by molar-refractivity contribution is -0.123. The highest BCUT2D eigenvalue weighted by atomic mass is 16.5. The molecular formula is C33H43B3N6O3. The van der Waals surface area contributed by atoms with Crippen molar-refractivity contribution in [1.29, 1.82) is 0 Å².